The average molecular weight is 381 g/mol. The molecular formula is C18H25N2O5S+. The molecule has 0 saturated heterocycles. The molecule has 0 fully saturated rings. The van der Waals surface area contributed by atoms with Crippen LogP contribution in [0.3, 0.4) is 0 Å². The molecule has 0 saturated carbocycles. The van der Waals surface area contributed by atoms with Crippen LogP contribution in [0.1, 0.15) is 41.6 Å². The molecular weight excluding hydrogens is 356 g/mol. The quantitative estimate of drug-likeness (QED) is 0.747. The minimum Gasteiger partial charge on any atom is -0.494 e. The van der Waals surface area contributed by atoms with Crippen molar-refractivity contribution in [2.24, 2.45) is 0 Å². The van der Waals surface area contributed by atoms with Gasteiger partial charge in [0.05, 0.1) is 29.6 Å². The number of hydrogen-bond acceptors (Lipinski definition) is 6. The molecule has 0 aliphatic carbocycles. The highest BCUT2D eigenvalue weighted by Crippen LogP contribution is 2.35. The summed E-state index contributed by atoms with van der Waals surface area (Å²) in [4.78, 5) is 27.6. The fourth-order valence-electron chi connectivity index (χ4n) is 3.15. The molecule has 3 heterocycles. The van der Waals surface area contributed by atoms with Gasteiger partial charge in [-0.25, -0.2) is 4.79 Å². The van der Waals surface area contributed by atoms with Gasteiger partial charge in [-0.3, -0.25) is 4.79 Å². The highest BCUT2D eigenvalue weighted by atomic mass is 32.1. The van der Waals surface area contributed by atoms with Gasteiger partial charge in [0.1, 0.15) is 31.0 Å². The minimum atomic E-state index is -0.415. The summed E-state index contributed by atoms with van der Waals surface area (Å²) in [5, 5.41) is 3.34. The van der Waals surface area contributed by atoms with Crippen LogP contribution in [0.2, 0.25) is 0 Å². The van der Waals surface area contributed by atoms with Crippen molar-refractivity contribution in [2.45, 2.75) is 39.8 Å². The number of anilines is 1. The van der Waals surface area contributed by atoms with Crippen LogP contribution in [0.25, 0.3) is 0 Å². The predicted molar refractivity (Wildman–Crippen MR) is 97.3 cm³/mol. The van der Waals surface area contributed by atoms with E-state index in [9.17, 15) is 9.59 Å². The molecule has 8 heteroatoms. The first-order valence-corrected chi connectivity index (χ1v) is 9.75. The molecule has 2 aliphatic rings. The molecule has 1 atom stereocenters. The second kappa shape index (κ2) is 8.09. The number of carbonyl (C=O) groups excluding carboxylic acids is 2. The van der Waals surface area contributed by atoms with Crippen molar-refractivity contribution in [3.63, 3.8) is 0 Å². The minimum absolute atomic E-state index is 0.117. The molecule has 2 N–H and O–H groups in total. The number of hydrogen-bond donors (Lipinski definition) is 2. The summed E-state index contributed by atoms with van der Waals surface area (Å²) in [5.41, 5.74) is 1.49. The van der Waals surface area contributed by atoms with E-state index in [4.69, 9.17) is 14.2 Å². The third-order valence-electron chi connectivity index (χ3n) is 4.57. The monoisotopic (exact) mass is 381 g/mol. The topological polar surface area (TPSA) is 78.3 Å². The molecule has 2 aliphatic heterocycles. The lowest BCUT2D eigenvalue weighted by Gasteiger charge is -2.27. The van der Waals surface area contributed by atoms with Gasteiger partial charge in [0, 0.05) is 6.42 Å². The third kappa shape index (κ3) is 3.86. The van der Waals surface area contributed by atoms with Gasteiger partial charge in [-0.1, -0.05) is 0 Å². The van der Waals surface area contributed by atoms with E-state index in [1.165, 1.54) is 22.5 Å². The number of ether oxygens (including phenoxy) is 3. The molecule has 1 aromatic heterocycles. The van der Waals surface area contributed by atoms with Gasteiger partial charge in [0.25, 0.3) is 5.91 Å². The van der Waals surface area contributed by atoms with Crippen molar-refractivity contribution in [3.8, 4) is 0 Å². The van der Waals surface area contributed by atoms with Crippen LogP contribution in [0.4, 0.5) is 5.00 Å². The first-order chi connectivity index (χ1) is 12.5. The van der Waals surface area contributed by atoms with E-state index in [1.807, 2.05) is 0 Å². The van der Waals surface area contributed by atoms with E-state index in [0.717, 1.165) is 30.0 Å². The Balaban J connectivity index is 1.89. The van der Waals surface area contributed by atoms with E-state index in [0.29, 0.717) is 36.4 Å². The van der Waals surface area contributed by atoms with Crippen molar-refractivity contribution < 1.29 is 28.7 Å². The van der Waals surface area contributed by atoms with Crippen LogP contribution < -0.4 is 10.2 Å². The number of rotatable bonds is 5. The Bertz CT molecular complexity index is 725. The standard InChI is InChI=1S/C18H24N2O5S/c1-4-24-18(22)15-12-5-6-20(11(2)3)9-14(12)26-17(15)19-16(21)13-10-23-7-8-25-13/h10-11H,4-9H2,1-3H3,(H,19,21)/p+1. The number of fused-ring (bicyclic) bond motifs is 1. The zero-order valence-electron chi connectivity index (χ0n) is 15.3. The van der Waals surface area contributed by atoms with Crippen molar-refractivity contribution in [2.75, 3.05) is 31.7 Å². The summed E-state index contributed by atoms with van der Waals surface area (Å²) in [6.07, 6.45) is 2.10. The largest absolute Gasteiger partial charge is 0.494 e. The molecule has 142 valence electrons. The lowest BCUT2D eigenvalue weighted by atomic mass is 10.0. The number of esters is 1. The van der Waals surface area contributed by atoms with Gasteiger partial charge >= 0.3 is 5.97 Å². The van der Waals surface area contributed by atoms with Gasteiger partial charge < -0.3 is 24.4 Å². The Morgan fingerprint density at radius 3 is 2.85 bits per heavy atom. The Hall–Kier alpha value is -2.06. The number of nitrogens with one attached hydrogen (secondary N) is 2. The molecule has 0 spiro atoms. The van der Waals surface area contributed by atoms with Crippen LogP contribution >= 0.6 is 11.3 Å². The van der Waals surface area contributed by atoms with Crippen molar-refractivity contribution >= 4 is 28.2 Å². The van der Waals surface area contributed by atoms with Crippen LogP contribution in [0, 0.1) is 0 Å². The van der Waals surface area contributed by atoms with Crippen LogP contribution in [-0.2, 0) is 32.0 Å². The third-order valence-corrected chi connectivity index (χ3v) is 5.72. The molecule has 26 heavy (non-hydrogen) atoms. The smallest absolute Gasteiger partial charge is 0.341 e. The van der Waals surface area contributed by atoms with Gasteiger partial charge in [-0.15, -0.1) is 11.3 Å². The maximum atomic E-state index is 12.5. The number of carbonyl (C=O) groups is 2. The van der Waals surface area contributed by atoms with Gasteiger partial charge in [-0.05, 0) is 26.3 Å². The zero-order valence-corrected chi connectivity index (χ0v) is 16.2. The van der Waals surface area contributed by atoms with E-state index >= 15 is 0 Å². The predicted octanol–water partition coefficient (Wildman–Crippen LogP) is 1.10. The second-order valence-corrected chi connectivity index (χ2v) is 7.68. The lowest BCUT2D eigenvalue weighted by Crippen LogP contribution is -3.14. The number of thiophene rings is 1. The molecule has 0 radical (unpaired) electrons. The molecule has 7 nitrogen and oxygen atoms in total. The molecule has 1 unspecified atom stereocenters. The van der Waals surface area contributed by atoms with E-state index in [1.54, 1.807) is 6.92 Å². The summed E-state index contributed by atoms with van der Waals surface area (Å²) < 4.78 is 15.7. The summed E-state index contributed by atoms with van der Waals surface area (Å²) in [6.45, 7) is 9.01. The summed E-state index contributed by atoms with van der Waals surface area (Å²) in [7, 11) is 0. The molecule has 0 bridgehead atoms. The maximum Gasteiger partial charge on any atom is 0.341 e. The Labute approximate surface area is 156 Å². The Morgan fingerprint density at radius 1 is 1.38 bits per heavy atom. The highest BCUT2D eigenvalue weighted by Gasteiger charge is 2.32. The highest BCUT2D eigenvalue weighted by molar-refractivity contribution is 7.17. The SMILES string of the molecule is CCOC(=O)c1c(NC(=O)C2=COCCO2)sc2c1CC[NH+](C(C)C)C2. The maximum absolute atomic E-state index is 12.5. The van der Waals surface area contributed by atoms with E-state index in [2.05, 4.69) is 19.2 Å². The average Bonchev–Trinajstić information content (AvgIpc) is 2.99. The fraction of sp³-hybridized carbons (Fsp3) is 0.556. The van der Waals surface area contributed by atoms with E-state index < -0.39 is 5.91 Å². The van der Waals surface area contributed by atoms with E-state index in [-0.39, 0.29) is 11.7 Å². The molecule has 1 aromatic rings. The normalized spacial score (nSPS) is 19.1. The van der Waals surface area contributed by atoms with Crippen LogP contribution in [0.5, 0.6) is 0 Å². The Kier molecular flexibility index (Phi) is 5.83. The lowest BCUT2D eigenvalue weighted by molar-refractivity contribution is -0.936. The zero-order chi connectivity index (χ0) is 18.7. The molecule has 3 rings (SSSR count). The fourth-order valence-corrected chi connectivity index (χ4v) is 4.44. The van der Waals surface area contributed by atoms with Crippen molar-refractivity contribution in [3.05, 3.63) is 28.0 Å². The summed E-state index contributed by atoms with van der Waals surface area (Å²) >= 11 is 1.45. The van der Waals surface area contributed by atoms with Crippen molar-refractivity contribution in [1.82, 2.24) is 0 Å². The van der Waals surface area contributed by atoms with Crippen LogP contribution in [0.15, 0.2) is 12.0 Å². The first kappa shape index (κ1) is 18.7. The summed E-state index contributed by atoms with van der Waals surface area (Å²) in [6, 6.07) is 0.507. The number of quaternary nitrogens is 1. The Morgan fingerprint density at radius 2 is 2.19 bits per heavy atom. The molecule has 0 aromatic carbocycles. The van der Waals surface area contributed by atoms with Crippen LogP contribution in [-0.4, -0.2) is 44.3 Å². The first-order valence-electron chi connectivity index (χ1n) is 8.93. The van der Waals surface area contributed by atoms with Gasteiger partial charge in [0.15, 0.2) is 0 Å². The summed E-state index contributed by atoms with van der Waals surface area (Å²) in [5.74, 6) is -0.683. The molecule has 1 amide bonds. The van der Waals surface area contributed by atoms with Crippen molar-refractivity contribution in [1.29, 1.82) is 0 Å². The van der Waals surface area contributed by atoms with Gasteiger partial charge in [-0.2, -0.15) is 0 Å². The number of amides is 1. The van der Waals surface area contributed by atoms with Gasteiger partial charge in [0.2, 0.25) is 5.76 Å². The second-order valence-electron chi connectivity index (χ2n) is 6.57.